The quantitative estimate of drug-likeness (QED) is 0.735. The molecule has 2 rings (SSSR count). The van der Waals surface area contributed by atoms with Crippen LogP contribution in [0.1, 0.15) is 46.0 Å². The van der Waals surface area contributed by atoms with Crippen molar-refractivity contribution in [2.75, 3.05) is 26.2 Å². The lowest BCUT2D eigenvalue weighted by Crippen LogP contribution is -2.53. The minimum absolute atomic E-state index is 0.0479. The number of nitrogens with zero attached hydrogens (tertiary/aromatic N) is 2. The molecule has 0 aromatic rings. The number of carbonyl (C=O) groups excluding carboxylic acids is 1. The van der Waals surface area contributed by atoms with Gasteiger partial charge in [0.2, 0.25) is 0 Å². The first-order valence-corrected chi connectivity index (χ1v) is 9.30. The lowest BCUT2D eigenvalue weighted by Gasteiger charge is -2.38. The van der Waals surface area contributed by atoms with Crippen LogP contribution in [0.15, 0.2) is 0 Å². The zero-order valence-corrected chi connectivity index (χ0v) is 13.8. The van der Waals surface area contributed by atoms with Gasteiger partial charge in [0.15, 0.2) is 0 Å². The Kier molecular flexibility index (Phi) is 5.62. The molecule has 21 heavy (non-hydrogen) atoms. The molecule has 7 heteroatoms. The molecule has 122 valence electrons. The number of rotatable bonds is 4. The van der Waals surface area contributed by atoms with Gasteiger partial charge in [0.1, 0.15) is 0 Å². The minimum Gasteiger partial charge on any atom is -0.466 e. The van der Waals surface area contributed by atoms with Gasteiger partial charge in [0.25, 0.3) is 10.2 Å². The van der Waals surface area contributed by atoms with Crippen LogP contribution < -0.4 is 0 Å². The lowest BCUT2D eigenvalue weighted by atomic mass is 10.0. The molecule has 0 aliphatic carbocycles. The molecular weight excluding hydrogens is 292 g/mol. The summed E-state index contributed by atoms with van der Waals surface area (Å²) >= 11 is 0. The van der Waals surface area contributed by atoms with Crippen molar-refractivity contribution in [3.63, 3.8) is 0 Å². The Balaban J connectivity index is 2.07. The van der Waals surface area contributed by atoms with Crippen LogP contribution in [0.2, 0.25) is 0 Å². The molecule has 2 aliphatic heterocycles. The van der Waals surface area contributed by atoms with E-state index in [1.165, 1.54) is 4.31 Å². The molecule has 0 bridgehead atoms. The fourth-order valence-corrected chi connectivity index (χ4v) is 5.11. The zero-order valence-electron chi connectivity index (χ0n) is 13.0. The molecule has 0 unspecified atom stereocenters. The van der Waals surface area contributed by atoms with E-state index in [0.29, 0.717) is 32.5 Å². The van der Waals surface area contributed by atoms with Gasteiger partial charge in [-0.25, -0.2) is 0 Å². The van der Waals surface area contributed by atoms with Crippen molar-refractivity contribution < 1.29 is 17.9 Å². The van der Waals surface area contributed by atoms with Gasteiger partial charge < -0.3 is 4.74 Å². The van der Waals surface area contributed by atoms with Gasteiger partial charge in [-0.1, -0.05) is 6.42 Å². The van der Waals surface area contributed by atoms with Gasteiger partial charge in [0.05, 0.1) is 12.5 Å². The van der Waals surface area contributed by atoms with Gasteiger partial charge in [-0.2, -0.15) is 17.0 Å². The third-order valence-corrected chi connectivity index (χ3v) is 6.49. The summed E-state index contributed by atoms with van der Waals surface area (Å²) in [6.07, 6.45) is 4.33. The Hall–Kier alpha value is -0.660. The SMILES string of the molecule is CCOC(=O)[C@@H]1CCCN(S(=O)(=O)N2CCCC[C@@H]2C)C1. The Bertz CT molecular complexity index is 466. The molecular formula is C14H26N2O4S. The first kappa shape index (κ1) is 16.7. The molecule has 2 heterocycles. The first-order valence-electron chi connectivity index (χ1n) is 7.90. The highest BCUT2D eigenvalue weighted by Gasteiger charge is 2.38. The van der Waals surface area contributed by atoms with E-state index in [1.807, 2.05) is 6.92 Å². The predicted molar refractivity (Wildman–Crippen MR) is 79.9 cm³/mol. The van der Waals surface area contributed by atoms with E-state index in [4.69, 9.17) is 4.74 Å². The minimum atomic E-state index is -3.46. The van der Waals surface area contributed by atoms with Gasteiger partial charge in [-0.15, -0.1) is 0 Å². The molecule has 0 amide bonds. The number of hydrogen-bond acceptors (Lipinski definition) is 4. The van der Waals surface area contributed by atoms with Gasteiger partial charge in [-0.05, 0) is 39.5 Å². The maximum absolute atomic E-state index is 12.8. The molecule has 0 N–H and O–H groups in total. The predicted octanol–water partition coefficient (Wildman–Crippen LogP) is 1.38. The monoisotopic (exact) mass is 318 g/mol. The van der Waals surface area contributed by atoms with Crippen molar-refractivity contribution in [3.05, 3.63) is 0 Å². The van der Waals surface area contributed by atoms with Gasteiger partial charge >= 0.3 is 5.97 Å². The largest absolute Gasteiger partial charge is 0.466 e. The van der Waals surface area contributed by atoms with Crippen LogP contribution >= 0.6 is 0 Å². The van der Waals surface area contributed by atoms with Crippen molar-refractivity contribution in [3.8, 4) is 0 Å². The summed E-state index contributed by atoms with van der Waals surface area (Å²) in [5.41, 5.74) is 0. The third kappa shape index (κ3) is 3.76. The van der Waals surface area contributed by atoms with Crippen molar-refractivity contribution in [1.82, 2.24) is 8.61 Å². The number of hydrogen-bond donors (Lipinski definition) is 0. The first-order chi connectivity index (χ1) is 9.96. The number of piperidine rings is 2. The van der Waals surface area contributed by atoms with E-state index in [0.717, 1.165) is 19.3 Å². The van der Waals surface area contributed by atoms with Crippen molar-refractivity contribution in [1.29, 1.82) is 0 Å². The Labute approximate surface area is 127 Å². The van der Waals surface area contributed by atoms with Crippen molar-refractivity contribution in [2.24, 2.45) is 5.92 Å². The molecule has 0 radical (unpaired) electrons. The maximum atomic E-state index is 12.8. The maximum Gasteiger partial charge on any atom is 0.310 e. The molecule has 2 atom stereocenters. The van der Waals surface area contributed by atoms with Crippen LogP contribution in [0.25, 0.3) is 0 Å². The van der Waals surface area contributed by atoms with E-state index in [-0.39, 0.29) is 24.5 Å². The summed E-state index contributed by atoms with van der Waals surface area (Å²) in [6.45, 7) is 5.41. The number of ether oxygens (including phenoxy) is 1. The Morgan fingerprint density at radius 3 is 2.62 bits per heavy atom. The van der Waals surface area contributed by atoms with Crippen molar-refractivity contribution in [2.45, 2.75) is 52.0 Å². The second-order valence-corrected chi connectivity index (χ2v) is 7.79. The standard InChI is InChI=1S/C14H26N2O4S/c1-3-20-14(17)13-8-6-9-15(11-13)21(18,19)16-10-5-4-7-12(16)2/h12-13H,3-11H2,1-2H3/t12-,13+/m0/s1. The van der Waals surface area contributed by atoms with Crippen LogP contribution in [-0.2, 0) is 19.7 Å². The molecule has 0 aromatic heterocycles. The fourth-order valence-electron chi connectivity index (χ4n) is 3.17. The van der Waals surface area contributed by atoms with Crippen LogP contribution in [0.5, 0.6) is 0 Å². The summed E-state index contributed by atoms with van der Waals surface area (Å²) in [5, 5.41) is 0. The molecule has 0 spiro atoms. The van der Waals surface area contributed by atoms with E-state index in [2.05, 4.69) is 0 Å². The lowest BCUT2D eigenvalue weighted by molar-refractivity contribution is -0.149. The Morgan fingerprint density at radius 1 is 1.19 bits per heavy atom. The van der Waals surface area contributed by atoms with Crippen LogP contribution in [-0.4, -0.2) is 55.3 Å². The molecule has 6 nitrogen and oxygen atoms in total. The summed E-state index contributed by atoms with van der Waals surface area (Å²) < 4.78 is 33.7. The third-order valence-electron chi connectivity index (χ3n) is 4.37. The van der Waals surface area contributed by atoms with E-state index in [9.17, 15) is 13.2 Å². The second kappa shape index (κ2) is 7.07. The van der Waals surface area contributed by atoms with Gasteiger partial charge in [-0.3, -0.25) is 4.79 Å². The molecule has 2 aliphatic rings. The smallest absolute Gasteiger partial charge is 0.310 e. The van der Waals surface area contributed by atoms with Gasteiger partial charge in [0, 0.05) is 25.7 Å². The molecule has 0 aromatic carbocycles. The summed E-state index contributed by atoms with van der Waals surface area (Å²) in [7, 11) is -3.46. The summed E-state index contributed by atoms with van der Waals surface area (Å²) in [6, 6.07) is 0.0479. The fraction of sp³-hybridized carbons (Fsp3) is 0.929. The molecule has 0 saturated carbocycles. The van der Waals surface area contributed by atoms with Crippen LogP contribution in [0.4, 0.5) is 0 Å². The molecule has 2 saturated heterocycles. The van der Waals surface area contributed by atoms with Crippen LogP contribution in [0.3, 0.4) is 0 Å². The highest BCUT2D eigenvalue weighted by Crippen LogP contribution is 2.26. The Morgan fingerprint density at radius 2 is 1.95 bits per heavy atom. The number of carbonyl (C=O) groups is 1. The average Bonchev–Trinajstić information content (AvgIpc) is 2.48. The summed E-state index contributed by atoms with van der Waals surface area (Å²) in [4.78, 5) is 11.9. The highest BCUT2D eigenvalue weighted by atomic mass is 32.2. The zero-order chi connectivity index (χ0) is 15.5. The summed E-state index contributed by atoms with van der Waals surface area (Å²) in [5.74, 6) is -0.599. The normalized spacial score (nSPS) is 29.2. The number of esters is 1. The van der Waals surface area contributed by atoms with Crippen LogP contribution in [0, 0.1) is 5.92 Å². The van der Waals surface area contributed by atoms with E-state index < -0.39 is 10.2 Å². The topological polar surface area (TPSA) is 66.9 Å². The average molecular weight is 318 g/mol. The highest BCUT2D eigenvalue weighted by molar-refractivity contribution is 7.86. The van der Waals surface area contributed by atoms with E-state index in [1.54, 1.807) is 11.2 Å². The van der Waals surface area contributed by atoms with Crippen molar-refractivity contribution >= 4 is 16.2 Å². The second-order valence-electron chi connectivity index (χ2n) is 5.91. The van der Waals surface area contributed by atoms with E-state index >= 15 is 0 Å². The molecule has 2 fully saturated rings.